The topological polar surface area (TPSA) is 26.0 Å². The summed E-state index contributed by atoms with van der Waals surface area (Å²) >= 11 is 3.63. The van der Waals surface area contributed by atoms with Crippen molar-refractivity contribution in [2.24, 2.45) is 11.7 Å². The second-order valence-electron chi connectivity index (χ2n) is 3.55. The first-order valence-electron chi connectivity index (χ1n) is 3.64. The minimum atomic E-state index is 0.185. The zero-order valence-electron chi connectivity index (χ0n) is 5.44. The lowest BCUT2D eigenvalue weighted by Crippen LogP contribution is -2.42. The van der Waals surface area contributed by atoms with Gasteiger partial charge in [0.15, 0.2) is 0 Å². The van der Waals surface area contributed by atoms with E-state index in [2.05, 4.69) is 15.9 Å². The fraction of sp³-hybridized carbons (Fsp3) is 1.00. The van der Waals surface area contributed by atoms with E-state index in [1.54, 1.807) is 0 Å². The Hall–Kier alpha value is 0.440. The standard InChI is InChI=1S/C7H12BrN/c8-6-3-5-1-2-7(6,9)4-5/h5-6H,1-4,9H2/t5-,6-,7+/m0/s1. The molecule has 2 rings (SSSR count). The third-order valence-electron chi connectivity index (χ3n) is 2.85. The van der Waals surface area contributed by atoms with E-state index in [0.717, 1.165) is 5.92 Å². The molecule has 9 heavy (non-hydrogen) atoms. The van der Waals surface area contributed by atoms with Crippen molar-refractivity contribution in [3.05, 3.63) is 0 Å². The lowest BCUT2D eigenvalue weighted by Gasteiger charge is -2.26. The number of nitrogens with two attached hydrogens (primary N) is 1. The van der Waals surface area contributed by atoms with Crippen LogP contribution in [0.25, 0.3) is 0 Å². The number of hydrogen-bond acceptors (Lipinski definition) is 1. The molecule has 0 radical (unpaired) electrons. The predicted octanol–water partition coefficient (Wildman–Crippen LogP) is 1.65. The zero-order valence-corrected chi connectivity index (χ0v) is 7.02. The van der Waals surface area contributed by atoms with Crippen molar-refractivity contribution >= 4 is 15.9 Å². The molecule has 2 saturated carbocycles. The normalized spacial score (nSPS) is 56.7. The Morgan fingerprint density at radius 1 is 1.56 bits per heavy atom. The van der Waals surface area contributed by atoms with Gasteiger partial charge in [-0.15, -0.1) is 0 Å². The van der Waals surface area contributed by atoms with Crippen LogP contribution < -0.4 is 5.73 Å². The maximum absolute atomic E-state index is 6.10. The van der Waals surface area contributed by atoms with Gasteiger partial charge in [-0.3, -0.25) is 0 Å². The summed E-state index contributed by atoms with van der Waals surface area (Å²) in [6.45, 7) is 0. The smallest absolute Gasteiger partial charge is 0.0328 e. The molecule has 3 atom stereocenters. The van der Waals surface area contributed by atoms with Crippen LogP contribution in [0, 0.1) is 5.92 Å². The summed E-state index contributed by atoms with van der Waals surface area (Å²) in [4.78, 5) is 0.615. The van der Waals surface area contributed by atoms with E-state index in [1.165, 1.54) is 25.7 Å². The van der Waals surface area contributed by atoms with Gasteiger partial charge in [0.25, 0.3) is 0 Å². The summed E-state index contributed by atoms with van der Waals surface area (Å²) in [5.41, 5.74) is 6.28. The first-order valence-corrected chi connectivity index (χ1v) is 4.55. The van der Waals surface area contributed by atoms with Gasteiger partial charge in [-0.25, -0.2) is 0 Å². The highest BCUT2D eigenvalue weighted by Crippen LogP contribution is 2.49. The molecule has 0 unspecified atom stereocenters. The Bertz CT molecular complexity index is 137. The van der Waals surface area contributed by atoms with Crippen LogP contribution in [0.4, 0.5) is 0 Å². The van der Waals surface area contributed by atoms with Crippen molar-refractivity contribution in [2.45, 2.75) is 36.0 Å². The Morgan fingerprint density at radius 3 is 2.56 bits per heavy atom. The maximum atomic E-state index is 6.10. The molecule has 2 aliphatic rings. The molecule has 0 aromatic carbocycles. The van der Waals surface area contributed by atoms with Crippen LogP contribution in [-0.4, -0.2) is 10.4 Å². The Labute approximate surface area is 64.1 Å². The zero-order chi connectivity index (χ0) is 6.48. The fourth-order valence-electron chi connectivity index (χ4n) is 2.23. The van der Waals surface area contributed by atoms with Crippen molar-refractivity contribution < 1.29 is 0 Å². The summed E-state index contributed by atoms with van der Waals surface area (Å²) in [7, 11) is 0. The molecule has 0 aromatic heterocycles. The Kier molecular flexibility index (Phi) is 1.18. The predicted molar refractivity (Wildman–Crippen MR) is 41.6 cm³/mol. The highest BCUT2D eigenvalue weighted by Gasteiger charge is 2.48. The molecule has 1 nitrogen and oxygen atoms in total. The minimum Gasteiger partial charge on any atom is -0.324 e. The molecule has 0 aliphatic heterocycles. The van der Waals surface area contributed by atoms with E-state index in [4.69, 9.17) is 5.73 Å². The number of rotatable bonds is 0. The average Bonchev–Trinajstić information content (AvgIpc) is 2.22. The van der Waals surface area contributed by atoms with Crippen LogP contribution >= 0.6 is 15.9 Å². The summed E-state index contributed by atoms with van der Waals surface area (Å²) in [5, 5.41) is 0. The van der Waals surface area contributed by atoms with Gasteiger partial charge in [0.2, 0.25) is 0 Å². The van der Waals surface area contributed by atoms with E-state index in [-0.39, 0.29) is 5.54 Å². The molecule has 0 amide bonds. The van der Waals surface area contributed by atoms with Gasteiger partial charge in [0, 0.05) is 10.4 Å². The van der Waals surface area contributed by atoms with Gasteiger partial charge in [-0.05, 0) is 31.6 Å². The Morgan fingerprint density at radius 2 is 2.33 bits per heavy atom. The van der Waals surface area contributed by atoms with Crippen LogP contribution in [0.2, 0.25) is 0 Å². The lowest BCUT2D eigenvalue weighted by atomic mass is 9.95. The number of alkyl halides is 1. The monoisotopic (exact) mass is 189 g/mol. The van der Waals surface area contributed by atoms with E-state index >= 15 is 0 Å². The highest BCUT2D eigenvalue weighted by atomic mass is 79.9. The van der Waals surface area contributed by atoms with Crippen LogP contribution in [0.5, 0.6) is 0 Å². The number of hydrogen-bond donors (Lipinski definition) is 1. The largest absolute Gasteiger partial charge is 0.324 e. The molecule has 2 aliphatic carbocycles. The van der Waals surface area contributed by atoms with E-state index in [1.807, 2.05) is 0 Å². The van der Waals surface area contributed by atoms with Gasteiger partial charge in [-0.1, -0.05) is 15.9 Å². The summed E-state index contributed by atoms with van der Waals surface area (Å²) in [5.74, 6) is 0.944. The van der Waals surface area contributed by atoms with Crippen LogP contribution in [0.15, 0.2) is 0 Å². The van der Waals surface area contributed by atoms with Crippen molar-refractivity contribution in [1.82, 2.24) is 0 Å². The Balaban J connectivity index is 2.22. The number of halogens is 1. The summed E-state index contributed by atoms with van der Waals surface area (Å²) in [6.07, 6.45) is 5.20. The molecular formula is C7H12BrN. The third-order valence-corrected chi connectivity index (χ3v) is 4.14. The van der Waals surface area contributed by atoms with Crippen LogP contribution in [-0.2, 0) is 0 Å². The van der Waals surface area contributed by atoms with Crippen molar-refractivity contribution in [3.63, 3.8) is 0 Å². The molecular weight excluding hydrogens is 178 g/mol. The molecule has 2 heteroatoms. The van der Waals surface area contributed by atoms with E-state index in [0.29, 0.717) is 4.83 Å². The summed E-state index contributed by atoms with van der Waals surface area (Å²) < 4.78 is 0. The van der Waals surface area contributed by atoms with E-state index < -0.39 is 0 Å². The number of fused-ring (bicyclic) bond motifs is 2. The second kappa shape index (κ2) is 1.73. The van der Waals surface area contributed by atoms with Crippen LogP contribution in [0.1, 0.15) is 25.7 Å². The van der Waals surface area contributed by atoms with Gasteiger partial charge in [0.05, 0.1) is 0 Å². The van der Waals surface area contributed by atoms with Crippen molar-refractivity contribution in [2.75, 3.05) is 0 Å². The van der Waals surface area contributed by atoms with E-state index in [9.17, 15) is 0 Å². The minimum absolute atomic E-state index is 0.185. The molecule has 2 bridgehead atoms. The molecule has 2 fully saturated rings. The van der Waals surface area contributed by atoms with Gasteiger partial charge in [-0.2, -0.15) is 0 Å². The summed E-state index contributed by atoms with van der Waals surface area (Å²) in [6, 6.07) is 0. The maximum Gasteiger partial charge on any atom is 0.0328 e. The molecule has 0 aromatic rings. The quantitative estimate of drug-likeness (QED) is 0.577. The molecule has 0 saturated heterocycles. The molecule has 0 heterocycles. The van der Waals surface area contributed by atoms with Crippen molar-refractivity contribution in [1.29, 1.82) is 0 Å². The lowest BCUT2D eigenvalue weighted by molar-refractivity contribution is 0.436. The third kappa shape index (κ3) is 0.761. The fourth-order valence-corrected chi connectivity index (χ4v) is 3.17. The van der Waals surface area contributed by atoms with Gasteiger partial charge < -0.3 is 5.73 Å². The van der Waals surface area contributed by atoms with Crippen LogP contribution in [0.3, 0.4) is 0 Å². The van der Waals surface area contributed by atoms with Crippen molar-refractivity contribution in [3.8, 4) is 0 Å². The van der Waals surface area contributed by atoms with Gasteiger partial charge in [0.1, 0.15) is 0 Å². The SMILES string of the molecule is N[C@@]12CC[C@@H](C[C@@H]1Br)C2. The molecule has 52 valence electrons. The second-order valence-corrected chi connectivity index (χ2v) is 4.65. The highest BCUT2D eigenvalue weighted by molar-refractivity contribution is 9.09. The first-order chi connectivity index (χ1) is 4.21. The van der Waals surface area contributed by atoms with Gasteiger partial charge >= 0.3 is 0 Å². The first kappa shape index (κ1) is 6.17. The molecule has 2 N–H and O–H groups in total. The molecule has 0 spiro atoms. The average molecular weight is 190 g/mol.